The van der Waals surface area contributed by atoms with E-state index >= 15 is 0 Å². The molecule has 0 aliphatic carbocycles. The van der Waals surface area contributed by atoms with E-state index in [2.05, 4.69) is 15.9 Å². The molecule has 0 saturated carbocycles. The molecule has 1 aromatic rings. The molecule has 0 saturated heterocycles. The lowest BCUT2D eigenvalue weighted by Gasteiger charge is -2.16. The lowest BCUT2D eigenvalue weighted by molar-refractivity contribution is 0.385. The maximum absolute atomic E-state index is 12.3. The third-order valence-electron chi connectivity index (χ3n) is 2.32. The molecule has 0 amide bonds. The highest BCUT2D eigenvalue weighted by molar-refractivity contribution is 9.10. The van der Waals surface area contributed by atoms with Gasteiger partial charge in [-0.2, -0.15) is 0 Å². The van der Waals surface area contributed by atoms with E-state index in [0.29, 0.717) is 11.5 Å². The van der Waals surface area contributed by atoms with E-state index in [1.54, 1.807) is 26.4 Å². The van der Waals surface area contributed by atoms with Crippen LogP contribution in [-0.2, 0) is 0 Å². The van der Waals surface area contributed by atoms with Crippen LogP contribution < -0.4 is 15.2 Å². The summed E-state index contributed by atoms with van der Waals surface area (Å²) in [6.45, 7) is -0.456. The lowest BCUT2D eigenvalue weighted by atomic mass is 10.0. The van der Waals surface area contributed by atoms with Gasteiger partial charge in [-0.3, -0.25) is 4.39 Å². The van der Waals surface area contributed by atoms with E-state index in [9.17, 15) is 4.39 Å². The Labute approximate surface area is 103 Å². The number of benzene rings is 1. The van der Waals surface area contributed by atoms with Gasteiger partial charge in [0.25, 0.3) is 0 Å². The maximum atomic E-state index is 12.3. The molecule has 1 rings (SSSR count). The summed E-state index contributed by atoms with van der Waals surface area (Å²) >= 11 is 3.35. The van der Waals surface area contributed by atoms with Crippen LogP contribution >= 0.6 is 15.9 Å². The molecule has 0 spiro atoms. The molecule has 1 atom stereocenters. The van der Waals surface area contributed by atoms with Gasteiger partial charge in [0.15, 0.2) is 0 Å². The molecule has 3 nitrogen and oxygen atoms in total. The molecule has 16 heavy (non-hydrogen) atoms. The maximum Gasteiger partial charge on any atom is 0.133 e. The SMILES string of the molecule is COc1cc([C@@H](N)CCF)c(OC)cc1Br. The van der Waals surface area contributed by atoms with Crippen molar-refractivity contribution < 1.29 is 13.9 Å². The van der Waals surface area contributed by atoms with Crippen LogP contribution in [-0.4, -0.2) is 20.9 Å². The van der Waals surface area contributed by atoms with Crippen molar-refractivity contribution >= 4 is 15.9 Å². The Morgan fingerprint density at radius 1 is 1.31 bits per heavy atom. The zero-order valence-electron chi connectivity index (χ0n) is 9.30. The predicted octanol–water partition coefficient (Wildman–Crippen LogP) is 2.83. The topological polar surface area (TPSA) is 44.5 Å². The van der Waals surface area contributed by atoms with Crippen LogP contribution in [0.15, 0.2) is 16.6 Å². The highest BCUT2D eigenvalue weighted by Crippen LogP contribution is 2.35. The van der Waals surface area contributed by atoms with E-state index in [1.165, 1.54) is 0 Å². The minimum Gasteiger partial charge on any atom is -0.496 e. The standard InChI is InChI=1S/C11H15BrFNO2/c1-15-10-6-8(12)11(16-2)5-7(10)9(14)3-4-13/h5-6,9H,3-4,14H2,1-2H3/t9-/m0/s1. The highest BCUT2D eigenvalue weighted by atomic mass is 79.9. The number of hydrogen-bond acceptors (Lipinski definition) is 3. The van der Waals surface area contributed by atoms with Crippen molar-refractivity contribution in [3.8, 4) is 11.5 Å². The van der Waals surface area contributed by atoms with Crippen molar-refractivity contribution in [2.24, 2.45) is 5.73 Å². The fraction of sp³-hybridized carbons (Fsp3) is 0.455. The number of rotatable bonds is 5. The number of alkyl halides is 1. The van der Waals surface area contributed by atoms with Gasteiger partial charge in [-0.15, -0.1) is 0 Å². The third-order valence-corrected chi connectivity index (χ3v) is 2.94. The fourth-order valence-electron chi connectivity index (χ4n) is 1.45. The average molecular weight is 292 g/mol. The van der Waals surface area contributed by atoms with Crippen LogP contribution in [0.2, 0.25) is 0 Å². The Morgan fingerprint density at radius 3 is 2.44 bits per heavy atom. The summed E-state index contributed by atoms with van der Waals surface area (Å²) in [5.74, 6) is 1.29. The van der Waals surface area contributed by atoms with E-state index in [4.69, 9.17) is 15.2 Å². The lowest BCUT2D eigenvalue weighted by Crippen LogP contribution is -2.12. The molecule has 90 valence electrons. The Balaban J connectivity index is 3.13. The first-order valence-electron chi connectivity index (χ1n) is 4.87. The van der Waals surface area contributed by atoms with E-state index in [1.807, 2.05) is 0 Å². The first-order valence-corrected chi connectivity index (χ1v) is 5.66. The molecule has 0 heterocycles. The van der Waals surface area contributed by atoms with Crippen LogP contribution in [0.25, 0.3) is 0 Å². The molecular formula is C11H15BrFNO2. The second kappa shape index (κ2) is 6.06. The number of halogens is 2. The second-order valence-electron chi connectivity index (χ2n) is 3.31. The van der Waals surface area contributed by atoms with Crippen molar-refractivity contribution in [1.82, 2.24) is 0 Å². The summed E-state index contributed by atoms with van der Waals surface area (Å²) in [6, 6.07) is 3.15. The van der Waals surface area contributed by atoms with Gasteiger partial charge in [0, 0.05) is 11.6 Å². The fourth-order valence-corrected chi connectivity index (χ4v) is 1.93. The van der Waals surface area contributed by atoms with Gasteiger partial charge >= 0.3 is 0 Å². The van der Waals surface area contributed by atoms with Crippen molar-refractivity contribution in [3.05, 3.63) is 22.2 Å². The molecule has 0 bridgehead atoms. The van der Waals surface area contributed by atoms with Gasteiger partial charge in [-0.1, -0.05) is 0 Å². The van der Waals surface area contributed by atoms with E-state index in [-0.39, 0.29) is 12.5 Å². The summed E-state index contributed by atoms with van der Waals surface area (Å²) in [5, 5.41) is 0. The zero-order valence-corrected chi connectivity index (χ0v) is 10.9. The van der Waals surface area contributed by atoms with Crippen LogP contribution in [0.3, 0.4) is 0 Å². The summed E-state index contributed by atoms with van der Waals surface area (Å²) in [6.07, 6.45) is 0.265. The first-order chi connectivity index (χ1) is 7.63. The Morgan fingerprint density at radius 2 is 1.94 bits per heavy atom. The summed E-state index contributed by atoms with van der Waals surface area (Å²) < 4.78 is 23.4. The molecule has 0 unspecified atom stereocenters. The molecule has 0 radical (unpaired) electrons. The average Bonchev–Trinajstić information content (AvgIpc) is 2.28. The van der Waals surface area contributed by atoms with Crippen LogP contribution in [0.1, 0.15) is 18.0 Å². The Hall–Kier alpha value is -0.810. The molecule has 0 aliphatic rings. The Bertz CT molecular complexity index is 360. The molecule has 0 aliphatic heterocycles. The van der Waals surface area contributed by atoms with Crippen LogP contribution in [0.4, 0.5) is 4.39 Å². The Kier molecular flexibility index (Phi) is 5.02. The predicted molar refractivity (Wildman–Crippen MR) is 64.8 cm³/mol. The quantitative estimate of drug-likeness (QED) is 0.907. The van der Waals surface area contributed by atoms with E-state index < -0.39 is 6.67 Å². The van der Waals surface area contributed by atoms with Crippen molar-refractivity contribution in [2.45, 2.75) is 12.5 Å². The van der Waals surface area contributed by atoms with Gasteiger partial charge in [0.1, 0.15) is 11.5 Å². The molecule has 0 fully saturated rings. The highest BCUT2D eigenvalue weighted by Gasteiger charge is 2.15. The summed E-state index contributed by atoms with van der Waals surface area (Å²) in [5.41, 5.74) is 6.61. The van der Waals surface area contributed by atoms with Gasteiger partial charge in [0.05, 0.1) is 25.4 Å². The smallest absolute Gasteiger partial charge is 0.133 e. The van der Waals surface area contributed by atoms with Crippen LogP contribution in [0, 0.1) is 0 Å². The minimum atomic E-state index is -0.456. The molecule has 5 heteroatoms. The molecular weight excluding hydrogens is 277 g/mol. The van der Waals surface area contributed by atoms with Gasteiger partial charge in [-0.25, -0.2) is 0 Å². The van der Waals surface area contributed by atoms with Crippen molar-refractivity contribution in [3.63, 3.8) is 0 Å². The molecule has 2 N–H and O–H groups in total. The normalized spacial score (nSPS) is 12.3. The van der Waals surface area contributed by atoms with Crippen molar-refractivity contribution in [1.29, 1.82) is 0 Å². The third kappa shape index (κ3) is 2.86. The minimum absolute atomic E-state index is 0.265. The molecule has 1 aromatic carbocycles. The van der Waals surface area contributed by atoms with Crippen LogP contribution in [0.5, 0.6) is 11.5 Å². The largest absolute Gasteiger partial charge is 0.496 e. The second-order valence-corrected chi connectivity index (χ2v) is 4.17. The number of ether oxygens (including phenoxy) is 2. The zero-order chi connectivity index (χ0) is 12.1. The first kappa shape index (κ1) is 13.3. The summed E-state index contributed by atoms with van der Waals surface area (Å²) in [4.78, 5) is 0. The van der Waals surface area contributed by atoms with Crippen molar-refractivity contribution in [2.75, 3.05) is 20.9 Å². The summed E-state index contributed by atoms with van der Waals surface area (Å²) in [7, 11) is 3.12. The van der Waals surface area contributed by atoms with Gasteiger partial charge in [-0.05, 0) is 34.5 Å². The number of nitrogens with two attached hydrogens (primary N) is 1. The monoisotopic (exact) mass is 291 g/mol. The number of methoxy groups -OCH3 is 2. The molecule has 0 aromatic heterocycles. The number of hydrogen-bond donors (Lipinski definition) is 1. The van der Waals surface area contributed by atoms with E-state index in [0.717, 1.165) is 10.0 Å². The van der Waals surface area contributed by atoms with Gasteiger partial charge in [0.2, 0.25) is 0 Å². The van der Waals surface area contributed by atoms with Gasteiger partial charge < -0.3 is 15.2 Å².